The minimum absolute atomic E-state index is 0.0713. The van der Waals surface area contributed by atoms with E-state index in [0.717, 1.165) is 0 Å². The average Bonchev–Trinajstić information content (AvgIpc) is 2.73. The van der Waals surface area contributed by atoms with Crippen molar-refractivity contribution < 1.29 is 24.2 Å². The fraction of sp³-hybridized carbons (Fsp3) is 0.304. The first-order valence-electron chi connectivity index (χ1n) is 9.46. The van der Waals surface area contributed by atoms with Crippen LogP contribution in [0, 0.1) is 0 Å². The molecule has 0 bridgehead atoms. The van der Waals surface area contributed by atoms with E-state index in [2.05, 4.69) is 24.9 Å². The van der Waals surface area contributed by atoms with E-state index in [1.54, 1.807) is 19.1 Å². The van der Waals surface area contributed by atoms with Crippen LogP contribution in [0.2, 0.25) is 0 Å². The Morgan fingerprint density at radius 2 is 1.93 bits per heavy atom. The molecule has 30 heavy (non-hydrogen) atoms. The van der Waals surface area contributed by atoms with Crippen LogP contribution >= 0.6 is 0 Å². The zero-order chi connectivity index (χ0) is 22.8. The van der Waals surface area contributed by atoms with Gasteiger partial charge in [0.1, 0.15) is 5.52 Å². The predicted octanol–water partition coefficient (Wildman–Crippen LogP) is 4.30. The van der Waals surface area contributed by atoms with Crippen LogP contribution in [0.5, 0.6) is 11.5 Å². The molecule has 1 aromatic carbocycles. The van der Waals surface area contributed by atoms with E-state index in [9.17, 15) is 19.5 Å². The third kappa shape index (κ3) is 6.01. The largest absolute Gasteiger partial charge is 0.505 e. The summed E-state index contributed by atoms with van der Waals surface area (Å²) in [4.78, 5) is 40.8. The van der Waals surface area contributed by atoms with E-state index in [1.807, 2.05) is 19.1 Å². The normalized spacial score (nSPS) is 10.2. The van der Waals surface area contributed by atoms with Gasteiger partial charge in [-0.05, 0) is 32.9 Å². The first kappa shape index (κ1) is 24.6. The monoisotopic (exact) mass is 412 g/mol. The van der Waals surface area contributed by atoms with Crippen LogP contribution in [0.25, 0.3) is 10.9 Å². The van der Waals surface area contributed by atoms with Gasteiger partial charge in [-0.25, -0.2) is 0 Å². The zero-order valence-electron chi connectivity index (χ0n) is 18.2. The summed E-state index contributed by atoms with van der Waals surface area (Å²) in [5, 5.41) is 10.7. The number of esters is 1. The van der Waals surface area contributed by atoms with Gasteiger partial charge in [-0.1, -0.05) is 30.7 Å². The minimum Gasteiger partial charge on any atom is -0.505 e. The molecule has 7 nitrogen and oxygen atoms in total. The van der Waals surface area contributed by atoms with E-state index in [4.69, 9.17) is 4.74 Å². The van der Waals surface area contributed by atoms with Crippen molar-refractivity contribution in [2.75, 3.05) is 14.1 Å². The number of amides is 1. The fourth-order valence-electron chi connectivity index (χ4n) is 2.42. The van der Waals surface area contributed by atoms with Gasteiger partial charge in [0, 0.05) is 32.1 Å². The summed E-state index contributed by atoms with van der Waals surface area (Å²) in [6.45, 7) is 7.79. The molecule has 2 rings (SSSR count). The number of allylic oxidation sites excluding steroid dienone is 4. The summed E-state index contributed by atoms with van der Waals surface area (Å²) in [7, 11) is 2.97. The molecule has 1 heterocycles. The lowest BCUT2D eigenvalue weighted by molar-refractivity contribution is -0.133. The maximum atomic E-state index is 12.3. The number of fused-ring (bicyclic) bond motifs is 1. The van der Waals surface area contributed by atoms with Gasteiger partial charge in [-0.15, -0.1) is 0 Å². The topological polar surface area (TPSA) is 96.8 Å². The quantitative estimate of drug-likeness (QED) is 0.340. The Hall–Kier alpha value is -3.48. The summed E-state index contributed by atoms with van der Waals surface area (Å²) in [6, 6.07) is 3.13. The number of rotatable bonds is 5. The van der Waals surface area contributed by atoms with Crippen molar-refractivity contribution in [3.63, 3.8) is 0 Å². The zero-order valence-corrected chi connectivity index (χ0v) is 18.2. The van der Waals surface area contributed by atoms with Crippen LogP contribution in [-0.2, 0) is 4.79 Å². The van der Waals surface area contributed by atoms with Gasteiger partial charge in [0.2, 0.25) is 0 Å². The van der Waals surface area contributed by atoms with Crippen LogP contribution in [-0.4, -0.2) is 47.2 Å². The lowest BCUT2D eigenvalue weighted by Crippen LogP contribution is -2.24. The first-order valence-corrected chi connectivity index (χ1v) is 9.46. The van der Waals surface area contributed by atoms with Gasteiger partial charge < -0.3 is 14.7 Å². The molecule has 1 N–H and O–H groups in total. The highest BCUT2D eigenvalue weighted by Gasteiger charge is 2.27. The predicted molar refractivity (Wildman–Crippen MR) is 117 cm³/mol. The van der Waals surface area contributed by atoms with Crippen LogP contribution in [0.1, 0.15) is 54.8 Å². The number of aldehydes is 1. The van der Waals surface area contributed by atoms with Crippen molar-refractivity contribution in [1.82, 2.24) is 9.88 Å². The van der Waals surface area contributed by atoms with Crippen LogP contribution in [0.15, 0.2) is 42.1 Å². The van der Waals surface area contributed by atoms with Crippen molar-refractivity contribution in [1.29, 1.82) is 0 Å². The number of benzene rings is 1. The maximum absolute atomic E-state index is 12.3. The second-order valence-electron chi connectivity index (χ2n) is 6.78. The molecule has 0 unspecified atom stereocenters. The Labute approximate surface area is 176 Å². The maximum Gasteiger partial charge on any atom is 0.310 e. The third-order valence-corrected chi connectivity index (χ3v) is 3.89. The minimum atomic E-state index is -0.592. The Balaban J connectivity index is 0.000000553. The van der Waals surface area contributed by atoms with E-state index in [-0.39, 0.29) is 34.2 Å². The number of aromatic nitrogens is 1. The number of phenolic OH excluding ortho intramolecular Hbond substituents is 1. The van der Waals surface area contributed by atoms with Gasteiger partial charge in [-0.2, -0.15) is 0 Å². The van der Waals surface area contributed by atoms with E-state index in [1.165, 1.54) is 30.8 Å². The van der Waals surface area contributed by atoms with Gasteiger partial charge in [0.15, 0.2) is 17.8 Å². The van der Waals surface area contributed by atoms with E-state index < -0.39 is 17.6 Å². The molecule has 0 saturated carbocycles. The summed E-state index contributed by atoms with van der Waals surface area (Å²) >= 11 is 0. The van der Waals surface area contributed by atoms with Crippen molar-refractivity contribution in [3.05, 3.63) is 53.3 Å². The Morgan fingerprint density at radius 1 is 1.27 bits per heavy atom. The van der Waals surface area contributed by atoms with Gasteiger partial charge in [0.05, 0.1) is 11.1 Å². The standard InChI is InChI=1S/C16H16N2O5.C7H12/c1-4-11(20)23-15-9-6-5-7-17-13(9)14(21)12(10(15)8-19)16(22)18(2)3;1-4-5-6-7(2)3/h5-8,21H,4H2,1-3H3;4-6H,1-3H3/b;5-4-. The Bertz CT molecular complexity index is 987. The molecule has 1 amide bonds. The van der Waals surface area contributed by atoms with Crippen LogP contribution in [0.3, 0.4) is 0 Å². The molecule has 0 fully saturated rings. The second kappa shape index (κ2) is 11.5. The van der Waals surface area contributed by atoms with Crippen molar-refractivity contribution in [2.45, 2.75) is 34.1 Å². The number of carbonyl (C=O) groups is 3. The highest BCUT2D eigenvalue weighted by molar-refractivity contribution is 6.12. The molecule has 0 aliphatic carbocycles. The van der Waals surface area contributed by atoms with E-state index in [0.29, 0.717) is 6.29 Å². The highest BCUT2D eigenvalue weighted by Crippen LogP contribution is 2.39. The summed E-state index contributed by atoms with van der Waals surface area (Å²) in [5.41, 5.74) is 1.01. The smallest absolute Gasteiger partial charge is 0.310 e. The molecular weight excluding hydrogens is 384 g/mol. The lowest BCUT2D eigenvalue weighted by Gasteiger charge is -2.17. The van der Waals surface area contributed by atoms with Gasteiger partial charge >= 0.3 is 5.97 Å². The molecule has 0 saturated heterocycles. The molecule has 160 valence electrons. The molecule has 1 aromatic heterocycles. The molecule has 0 aliphatic rings. The first-order chi connectivity index (χ1) is 14.2. The lowest BCUT2D eigenvalue weighted by atomic mass is 10.00. The number of hydrogen-bond acceptors (Lipinski definition) is 6. The number of nitrogens with zero attached hydrogens (tertiary/aromatic N) is 2. The SMILES string of the molecule is C/C=C\C=C(C)C.CCC(=O)Oc1c(C=O)c(C(=O)N(C)C)c(O)c2ncccc12. The fourth-order valence-corrected chi connectivity index (χ4v) is 2.42. The number of carbonyl (C=O) groups excluding carboxylic acids is 3. The molecule has 7 heteroatoms. The molecule has 0 radical (unpaired) electrons. The Kier molecular flexibility index (Phi) is 9.42. The summed E-state index contributed by atoms with van der Waals surface area (Å²) in [6.07, 6.45) is 8.05. The van der Waals surface area contributed by atoms with Crippen molar-refractivity contribution >= 4 is 29.1 Å². The molecule has 2 aromatic rings. The van der Waals surface area contributed by atoms with Gasteiger partial charge in [-0.3, -0.25) is 19.4 Å². The molecule has 0 spiro atoms. The summed E-state index contributed by atoms with van der Waals surface area (Å²) in [5.74, 6) is -1.64. The Morgan fingerprint density at radius 3 is 2.40 bits per heavy atom. The van der Waals surface area contributed by atoms with Crippen LogP contribution < -0.4 is 4.74 Å². The molecule has 0 atom stereocenters. The number of pyridine rings is 1. The number of aromatic hydroxyl groups is 1. The van der Waals surface area contributed by atoms with E-state index >= 15 is 0 Å². The third-order valence-electron chi connectivity index (χ3n) is 3.89. The number of ether oxygens (including phenoxy) is 1. The summed E-state index contributed by atoms with van der Waals surface area (Å²) < 4.78 is 5.23. The highest BCUT2D eigenvalue weighted by atomic mass is 16.5. The molecular formula is C23H28N2O5. The number of phenols is 1. The molecule has 0 aliphatic heterocycles. The number of hydrogen-bond donors (Lipinski definition) is 1. The van der Waals surface area contributed by atoms with Crippen LogP contribution in [0.4, 0.5) is 0 Å². The van der Waals surface area contributed by atoms with Crippen molar-refractivity contribution in [3.8, 4) is 11.5 Å². The average molecular weight is 412 g/mol. The second-order valence-corrected chi connectivity index (χ2v) is 6.78. The van der Waals surface area contributed by atoms with Gasteiger partial charge in [0.25, 0.3) is 5.91 Å². The van der Waals surface area contributed by atoms with Crippen molar-refractivity contribution in [2.24, 2.45) is 0 Å².